The molecule has 0 fully saturated rings. The molecule has 0 aliphatic carbocycles. The first kappa shape index (κ1) is 8.32. The fraction of sp³-hybridized carbons (Fsp3) is 0.143. The van der Waals surface area contributed by atoms with Gasteiger partial charge in [0.1, 0.15) is 5.76 Å². The summed E-state index contributed by atoms with van der Waals surface area (Å²) >= 11 is 0. The summed E-state index contributed by atoms with van der Waals surface area (Å²) < 4.78 is 4.46. The summed E-state index contributed by atoms with van der Waals surface area (Å²) in [4.78, 5) is 15.0. The van der Waals surface area contributed by atoms with E-state index < -0.39 is 6.09 Å². The quantitative estimate of drug-likeness (QED) is 0.583. The second-order valence-electron chi connectivity index (χ2n) is 2.08. The number of carbonyl (C=O) groups excluding carboxylic acids is 1. The van der Waals surface area contributed by atoms with Crippen molar-refractivity contribution in [2.75, 3.05) is 0 Å². The standard InChI is InChI=1S/C7H8N2O3/c1-5-3-2-4-6(9-12-5)11-7(8)10/h2-4H,1H3,(H2,8,10). The van der Waals surface area contributed by atoms with Gasteiger partial charge in [-0.25, -0.2) is 4.79 Å². The lowest BCUT2D eigenvalue weighted by Crippen LogP contribution is -2.17. The summed E-state index contributed by atoms with van der Waals surface area (Å²) in [7, 11) is 0. The molecular formula is C7H8N2O3. The van der Waals surface area contributed by atoms with Crippen LogP contribution in [0.2, 0.25) is 0 Å². The minimum absolute atomic E-state index is 0.0376. The first-order chi connectivity index (χ1) is 5.68. The van der Waals surface area contributed by atoms with Crippen molar-refractivity contribution in [3.8, 4) is 0 Å². The lowest BCUT2D eigenvalue weighted by Gasteiger charge is -1.97. The van der Waals surface area contributed by atoms with Crippen molar-refractivity contribution in [2.45, 2.75) is 6.92 Å². The number of primary amides is 1. The molecular weight excluding hydrogens is 160 g/mol. The number of nitrogens with zero attached hydrogens (tertiary/aromatic N) is 1. The van der Waals surface area contributed by atoms with Crippen LogP contribution in [0, 0.1) is 0 Å². The number of oxime groups is 1. The first-order valence-corrected chi connectivity index (χ1v) is 3.26. The average Bonchev–Trinajstić information content (AvgIpc) is 2.15. The SMILES string of the molecule is CC1=CC=CC(OC(N)=O)=NO1. The highest BCUT2D eigenvalue weighted by molar-refractivity contribution is 5.95. The van der Waals surface area contributed by atoms with Gasteiger partial charge in [-0.3, -0.25) is 0 Å². The van der Waals surface area contributed by atoms with Crippen molar-refractivity contribution < 1.29 is 14.4 Å². The number of hydrogen-bond donors (Lipinski definition) is 1. The van der Waals surface area contributed by atoms with Gasteiger partial charge < -0.3 is 15.3 Å². The maximum absolute atomic E-state index is 10.3. The zero-order chi connectivity index (χ0) is 8.97. The molecule has 0 radical (unpaired) electrons. The topological polar surface area (TPSA) is 73.9 Å². The number of hydrogen-bond acceptors (Lipinski definition) is 4. The van der Waals surface area contributed by atoms with Crippen LogP contribution in [0.5, 0.6) is 0 Å². The van der Waals surface area contributed by atoms with Crippen molar-refractivity contribution in [1.82, 2.24) is 0 Å². The molecule has 1 aliphatic rings. The second kappa shape index (κ2) is 3.56. The maximum atomic E-state index is 10.3. The van der Waals surface area contributed by atoms with Crippen molar-refractivity contribution in [3.05, 3.63) is 24.0 Å². The Bertz CT molecular complexity index is 278. The molecule has 0 bridgehead atoms. The normalized spacial score (nSPS) is 15.4. The molecule has 64 valence electrons. The monoisotopic (exact) mass is 168 g/mol. The number of rotatable bonds is 0. The predicted octanol–water partition coefficient (Wildman–Crippen LogP) is 0.885. The third-order valence-corrected chi connectivity index (χ3v) is 1.05. The van der Waals surface area contributed by atoms with Gasteiger partial charge in [0.25, 0.3) is 5.90 Å². The van der Waals surface area contributed by atoms with Crippen LogP contribution in [-0.2, 0) is 9.57 Å². The summed E-state index contributed by atoms with van der Waals surface area (Å²) in [5, 5.41) is 3.48. The summed E-state index contributed by atoms with van der Waals surface area (Å²) in [6.45, 7) is 1.72. The van der Waals surface area contributed by atoms with Gasteiger partial charge in [0, 0.05) is 6.08 Å². The molecule has 1 rings (SSSR count). The molecule has 0 aromatic rings. The van der Waals surface area contributed by atoms with Crippen LogP contribution < -0.4 is 5.73 Å². The summed E-state index contributed by atoms with van der Waals surface area (Å²) in [5.74, 6) is 0.643. The fourth-order valence-electron chi connectivity index (χ4n) is 0.599. The Labute approximate surface area is 69.1 Å². The molecule has 5 heteroatoms. The third-order valence-electron chi connectivity index (χ3n) is 1.05. The highest BCUT2D eigenvalue weighted by atomic mass is 16.7. The molecule has 0 spiro atoms. The first-order valence-electron chi connectivity index (χ1n) is 3.26. The van der Waals surface area contributed by atoms with Crippen molar-refractivity contribution >= 4 is 12.0 Å². The van der Waals surface area contributed by atoms with Crippen LogP contribution >= 0.6 is 0 Å². The maximum Gasteiger partial charge on any atom is 0.411 e. The number of nitrogens with two attached hydrogens (primary N) is 1. The van der Waals surface area contributed by atoms with Crippen molar-refractivity contribution in [3.63, 3.8) is 0 Å². The van der Waals surface area contributed by atoms with Gasteiger partial charge in [-0.1, -0.05) is 6.08 Å². The molecule has 5 nitrogen and oxygen atoms in total. The van der Waals surface area contributed by atoms with E-state index in [1.54, 1.807) is 19.1 Å². The molecule has 1 heterocycles. The Kier molecular flexibility index (Phi) is 2.47. The highest BCUT2D eigenvalue weighted by Crippen LogP contribution is 2.02. The fourth-order valence-corrected chi connectivity index (χ4v) is 0.599. The molecule has 0 aromatic carbocycles. The second-order valence-corrected chi connectivity index (χ2v) is 2.08. The molecule has 0 saturated carbocycles. The molecule has 12 heavy (non-hydrogen) atoms. The van der Waals surface area contributed by atoms with Gasteiger partial charge in [0.05, 0.1) is 0 Å². The van der Waals surface area contributed by atoms with Gasteiger partial charge >= 0.3 is 6.09 Å². The average molecular weight is 168 g/mol. The minimum Gasteiger partial charge on any atom is -0.388 e. The van der Waals surface area contributed by atoms with Gasteiger partial charge in [0.15, 0.2) is 0 Å². The van der Waals surface area contributed by atoms with Crippen molar-refractivity contribution in [2.24, 2.45) is 10.9 Å². The smallest absolute Gasteiger partial charge is 0.388 e. The van der Waals surface area contributed by atoms with Crippen molar-refractivity contribution in [1.29, 1.82) is 0 Å². The van der Waals surface area contributed by atoms with Crippen LogP contribution in [0.25, 0.3) is 0 Å². The number of carbonyl (C=O) groups is 1. The van der Waals surface area contributed by atoms with Crippen LogP contribution in [0.3, 0.4) is 0 Å². The highest BCUT2D eigenvalue weighted by Gasteiger charge is 2.03. The summed E-state index contributed by atoms with van der Waals surface area (Å²) in [5.41, 5.74) is 4.76. The van der Waals surface area contributed by atoms with E-state index in [2.05, 4.69) is 9.89 Å². The van der Waals surface area contributed by atoms with E-state index in [1.165, 1.54) is 6.08 Å². The Morgan fingerprint density at radius 2 is 2.50 bits per heavy atom. The van der Waals surface area contributed by atoms with Crippen LogP contribution in [0.4, 0.5) is 4.79 Å². The lowest BCUT2D eigenvalue weighted by atomic mass is 10.4. The molecule has 0 saturated heterocycles. The van der Waals surface area contributed by atoms with Crippen LogP contribution in [0.1, 0.15) is 6.92 Å². The van der Waals surface area contributed by atoms with Gasteiger partial charge in [-0.2, -0.15) is 0 Å². The van der Waals surface area contributed by atoms with E-state index in [1.807, 2.05) is 0 Å². The van der Waals surface area contributed by atoms with Gasteiger partial charge in [0.2, 0.25) is 0 Å². The van der Waals surface area contributed by atoms with Gasteiger partial charge in [-0.05, 0) is 18.2 Å². The zero-order valence-electron chi connectivity index (χ0n) is 6.48. The minimum atomic E-state index is -0.915. The molecule has 0 aromatic heterocycles. The van der Waals surface area contributed by atoms with E-state index in [4.69, 9.17) is 10.6 Å². The lowest BCUT2D eigenvalue weighted by molar-refractivity contribution is 0.193. The summed E-state index contributed by atoms with van der Waals surface area (Å²) in [6.07, 6.45) is 3.88. The Balaban J connectivity index is 2.64. The molecule has 2 N–H and O–H groups in total. The number of ether oxygens (including phenoxy) is 1. The molecule has 1 amide bonds. The van der Waals surface area contributed by atoms with E-state index in [9.17, 15) is 4.79 Å². The Morgan fingerprint density at radius 1 is 1.75 bits per heavy atom. The molecule has 0 atom stereocenters. The third kappa shape index (κ3) is 2.45. The van der Waals surface area contributed by atoms with E-state index in [0.717, 1.165) is 0 Å². The molecule has 0 unspecified atom stereocenters. The summed E-state index contributed by atoms with van der Waals surface area (Å²) in [6, 6.07) is 0. The van der Waals surface area contributed by atoms with E-state index >= 15 is 0 Å². The largest absolute Gasteiger partial charge is 0.411 e. The Hall–Kier alpha value is -1.78. The number of allylic oxidation sites excluding steroid dienone is 3. The number of amides is 1. The van der Waals surface area contributed by atoms with Crippen LogP contribution in [0.15, 0.2) is 29.1 Å². The van der Waals surface area contributed by atoms with Gasteiger partial charge in [-0.15, -0.1) is 0 Å². The van der Waals surface area contributed by atoms with Crippen LogP contribution in [-0.4, -0.2) is 12.0 Å². The Morgan fingerprint density at radius 3 is 3.17 bits per heavy atom. The molecule has 1 aliphatic heterocycles. The zero-order valence-corrected chi connectivity index (χ0v) is 6.48. The van der Waals surface area contributed by atoms with E-state index in [0.29, 0.717) is 5.76 Å². The predicted molar refractivity (Wildman–Crippen MR) is 42.1 cm³/mol. The van der Waals surface area contributed by atoms with E-state index in [-0.39, 0.29) is 5.90 Å².